The van der Waals surface area contributed by atoms with Gasteiger partial charge in [0, 0.05) is 37.7 Å². The first-order chi connectivity index (χ1) is 22.5. The summed E-state index contributed by atoms with van der Waals surface area (Å²) in [6.45, 7) is 15.8. The maximum absolute atomic E-state index is 12.1. The highest BCUT2D eigenvalue weighted by molar-refractivity contribution is 5.70. The molecule has 5 rings (SSSR count). The third-order valence-corrected chi connectivity index (χ3v) is 13.3. The highest BCUT2D eigenvalue weighted by Crippen LogP contribution is 2.55. The topological polar surface area (TPSA) is 153 Å². The summed E-state index contributed by atoms with van der Waals surface area (Å²) in [5.41, 5.74) is -1.15. The van der Waals surface area contributed by atoms with E-state index in [1.807, 2.05) is 27.7 Å². The Morgan fingerprint density at radius 2 is 1.73 bits per heavy atom. The number of aliphatic carboxylic acids is 1. The molecule has 11 heteroatoms. The number of carbonyl (C=O) groups is 1. The molecule has 17 atom stereocenters. The zero-order valence-electron chi connectivity index (χ0n) is 30.7. The summed E-state index contributed by atoms with van der Waals surface area (Å²) in [5, 5.41) is 42.1. The Bertz CT molecular complexity index is 1120. The van der Waals surface area contributed by atoms with E-state index in [1.165, 1.54) is 0 Å². The van der Waals surface area contributed by atoms with Gasteiger partial charge in [0.25, 0.3) is 0 Å². The third-order valence-electron chi connectivity index (χ3n) is 13.3. The molecule has 0 aromatic rings. The fraction of sp³-hybridized carbons (Fsp3) is 0.973. The van der Waals surface area contributed by atoms with Gasteiger partial charge in [-0.15, -0.1) is 0 Å². The maximum Gasteiger partial charge on any atom is 0.309 e. The van der Waals surface area contributed by atoms with Crippen molar-refractivity contribution in [3.8, 4) is 0 Å². The molecule has 0 unspecified atom stereocenters. The van der Waals surface area contributed by atoms with Crippen molar-refractivity contribution in [3.05, 3.63) is 0 Å². The van der Waals surface area contributed by atoms with Crippen molar-refractivity contribution < 1.29 is 53.6 Å². The van der Waals surface area contributed by atoms with Gasteiger partial charge in [-0.1, -0.05) is 48.5 Å². The van der Waals surface area contributed by atoms with E-state index >= 15 is 0 Å². The number of aliphatic hydroxyl groups excluding tert-OH is 2. The lowest BCUT2D eigenvalue weighted by Crippen LogP contribution is -2.57. The Balaban J connectivity index is 1.29. The molecule has 0 aromatic carbocycles. The van der Waals surface area contributed by atoms with Gasteiger partial charge in [0.1, 0.15) is 0 Å². The summed E-state index contributed by atoms with van der Waals surface area (Å²) >= 11 is 0. The molecular formula is C37H64O11. The molecule has 5 aliphatic heterocycles. The first-order valence-corrected chi connectivity index (χ1v) is 18.7. The van der Waals surface area contributed by atoms with Gasteiger partial charge in [0.2, 0.25) is 0 Å². The second kappa shape index (κ2) is 14.3. The minimum Gasteiger partial charge on any atom is -0.481 e. The van der Waals surface area contributed by atoms with Gasteiger partial charge in [0.05, 0.1) is 66.5 Å². The first kappa shape index (κ1) is 38.3. The van der Waals surface area contributed by atoms with Crippen molar-refractivity contribution in [1.82, 2.24) is 0 Å². The Morgan fingerprint density at radius 3 is 2.33 bits per heavy atom. The fourth-order valence-corrected chi connectivity index (χ4v) is 10.2. The van der Waals surface area contributed by atoms with E-state index < -0.39 is 59.6 Å². The lowest BCUT2D eigenvalue weighted by molar-refractivity contribution is -0.336. The molecule has 0 saturated carbocycles. The van der Waals surface area contributed by atoms with E-state index in [9.17, 15) is 25.2 Å². The molecular weight excluding hydrogens is 620 g/mol. The van der Waals surface area contributed by atoms with Crippen LogP contribution in [0.5, 0.6) is 0 Å². The van der Waals surface area contributed by atoms with E-state index in [0.717, 1.165) is 32.1 Å². The summed E-state index contributed by atoms with van der Waals surface area (Å²) in [6.07, 6.45) is 3.44. The molecule has 5 heterocycles. The number of ether oxygens (including phenoxy) is 6. The van der Waals surface area contributed by atoms with E-state index in [0.29, 0.717) is 25.7 Å². The molecule has 48 heavy (non-hydrogen) atoms. The average Bonchev–Trinajstić information content (AvgIpc) is 3.75. The van der Waals surface area contributed by atoms with Crippen LogP contribution in [0.3, 0.4) is 0 Å². The van der Waals surface area contributed by atoms with Crippen LogP contribution >= 0.6 is 0 Å². The predicted octanol–water partition coefficient (Wildman–Crippen LogP) is 4.66. The van der Waals surface area contributed by atoms with Crippen LogP contribution in [0.2, 0.25) is 0 Å². The van der Waals surface area contributed by atoms with Gasteiger partial charge in [-0.3, -0.25) is 4.79 Å². The molecule has 1 spiro atoms. The minimum atomic E-state index is -1.56. The second-order valence-corrected chi connectivity index (χ2v) is 16.5. The summed E-state index contributed by atoms with van der Waals surface area (Å²) in [7, 11) is 1.54. The van der Waals surface area contributed by atoms with Crippen LogP contribution in [-0.4, -0.2) is 106 Å². The first-order valence-electron chi connectivity index (χ1n) is 18.7. The molecule has 5 fully saturated rings. The quantitative estimate of drug-likeness (QED) is 0.240. The van der Waals surface area contributed by atoms with Crippen LogP contribution in [0.1, 0.15) is 113 Å². The zero-order chi connectivity index (χ0) is 35.4. The highest BCUT2D eigenvalue weighted by Gasteiger charge is 2.62. The van der Waals surface area contributed by atoms with Gasteiger partial charge in [-0.05, 0) is 63.7 Å². The Morgan fingerprint density at radius 1 is 1.02 bits per heavy atom. The standard InChI is InChI=1S/C37H64O11/c1-10-25(33(40)41)31(43-9)24(7)30-23(6)26(39)18-36(46-30)15-14-34(8,48-36)28-12-13-35(11-2,45-28)32-21(4)17-27(44-32)29-20(3)16-22(5)37(42,19-38)47-29/h20-32,38-39,42H,10-19H2,1-9H3,(H,40,41)/t20-,21-,22+,23+,24-,25-,26-,27+,28+,29-,30-,31+,32+,34-,35-,36+,37-/m0/s1. The number of carboxylic acid groups (broad SMARTS) is 1. The van der Waals surface area contributed by atoms with Gasteiger partial charge in [0.15, 0.2) is 11.6 Å². The normalized spacial score (nSPS) is 50.1. The van der Waals surface area contributed by atoms with Crippen LogP contribution in [-0.2, 0) is 33.2 Å². The largest absolute Gasteiger partial charge is 0.481 e. The Kier molecular flexibility index (Phi) is 11.4. The number of methoxy groups -OCH3 is 1. The third kappa shape index (κ3) is 6.74. The number of carboxylic acids is 1. The average molecular weight is 685 g/mol. The highest BCUT2D eigenvalue weighted by atomic mass is 16.7. The van der Waals surface area contributed by atoms with E-state index in [1.54, 1.807) is 7.11 Å². The monoisotopic (exact) mass is 684 g/mol. The van der Waals surface area contributed by atoms with Crippen LogP contribution in [0, 0.1) is 35.5 Å². The number of hydrogen-bond acceptors (Lipinski definition) is 10. The van der Waals surface area contributed by atoms with Crippen molar-refractivity contribution in [2.24, 2.45) is 35.5 Å². The summed E-state index contributed by atoms with van der Waals surface area (Å²) < 4.78 is 39.6. The van der Waals surface area contributed by atoms with Crippen molar-refractivity contribution in [2.75, 3.05) is 13.7 Å². The Hall–Kier alpha value is -0.890. The van der Waals surface area contributed by atoms with E-state index in [2.05, 4.69) is 27.7 Å². The molecule has 4 N–H and O–H groups in total. The van der Waals surface area contributed by atoms with Gasteiger partial charge in [-0.2, -0.15) is 0 Å². The molecule has 278 valence electrons. The number of aliphatic hydroxyl groups is 3. The molecule has 5 saturated heterocycles. The summed E-state index contributed by atoms with van der Waals surface area (Å²) in [5.74, 6) is -4.44. The summed E-state index contributed by atoms with van der Waals surface area (Å²) in [4.78, 5) is 12.1. The molecule has 5 aliphatic rings. The van der Waals surface area contributed by atoms with Crippen LogP contribution < -0.4 is 0 Å². The second-order valence-electron chi connectivity index (χ2n) is 16.5. The molecule has 11 nitrogen and oxygen atoms in total. The van der Waals surface area contributed by atoms with Crippen molar-refractivity contribution >= 4 is 5.97 Å². The van der Waals surface area contributed by atoms with Crippen LogP contribution in [0.15, 0.2) is 0 Å². The summed E-state index contributed by atoms with van der Waals surface area (Å²) in [6, 6.07) is 0. The van der Waals surface area contributed by atoms with Crippen LogP contribution in [0.25, 0.3) is 0 Å². The number of rotatable bonds is 11. The Labute approximate surface area is 287 Å². The SMILES string of the molecule is CC[C@H](C(=O)O)[C@H](OC)[C@@H](C)[C@H]1O[C@@]2(CC[C@@](C)([C@H]3CC[C@@](CC)([C@@H]4O[C@@H]([C@H]5O[C@@](O)(CO)[C@H](C)C[C@@H]5C)C[C@@H]4C)O3)O2)C[C@H](O)[C@H]1C. The van der Waals surface area contributed by atoms with Gasteiger partial charge < -0.3 is 48.8 Å². The van der Waals surface area contributed by atoms with Gasteiger partial charge >= 0.3 is 5.97 Å². The molecule has 0 aliphatic carbocycles. The van der Waals surface area contributed by atoms with Crippen molar-refractivity contribution in [3.63, 3.8) is 0 Å². The lowest BCUT2D eigenvalue weighted by Gasteiger charge is -2.49. The minimum absolute atomic E-state index is 0.153. The molecule has 0 amide bonds. The fourth-order valence-electron chi connectivity index (χ4n) is 10.2. The number of hydrogen-bond donors (Lipinski definition) is 4. The van der Waals surface area contributed by atoms with E-state index in [-0.39, 0.29) is 54.0 Å². The smallest absolute Gasteiger partial charge is 0.309 e. The molecule has 0 bridgehead atoms. The maximum atomic E-state index is 12.1. The van der Waals surface area contributed by atoms with Crippen LogP contribution in [0.4, 0.5) is 0 Å². The van der Waals surface area contributed by atoms with Gasteiger partial charge in [-0.25, -0.2) is 0 Å². The zero-order valence-corrected chi connectivity index (χ0v) is 30.7. The van der Waals surface area contributed by atoms with E-state index in [4.69, 9.17) is 28.4 Å². The van der Waals surface area contributed by atoms with Crippen molar-refractivity contribution in [1.29, 1.82) is 0 Å². The lowest BCUT2D eigenvalue weighted by atomic mass is 9.77. The predicted molar refractivity (Wildman–Crippen MR) is 177 cm³/mol. The molecule has 0 aromatic heterocycles. The van der Waals surface area contributed by atoms with Crippen molar-refractivity contribution in [2.45, 2.75) is 179 Å². The molecule has 0 radical (unpaired) electrons.